The minimum absolute atomic E-state index is 0.0504. The van der Waals surface area contributed by atoms with Crippen molar-refractivity contribution in [3.05, 3.63) is 41.9 Å². The van der Waals surface area contributed by atoms with Crippen molar-refractivity contribution in [3.8, 4) is 0 Å². The maximum Gasteiger partial charge on any atom is 0.433 e. The van der Waals surface area contributed by atoms with Crippen LogP contribution in [0.2, 0.25) is 0 Å². The molecule has 0 aliphatic heterocycles. The molecule has 9 heteroatoms. The van der Waals surface area contributed by atoms with Crippen molar-refractivity contribution in [2.24, 2.45) is 0 Å². The number of alkyl halides is 3. The molecule has 0 fully saturated rings. The molecule has 3 aromatic rings. The number of para-hydroxylation sites is 2. The summed E-state index contributed by atoms with van der Waals surface area (Å²) >= 11 is 0. The van der Waals surface area contributed by atoms with Gasteiger partial charge in [-0.25, -0.2) is 9.97 Å². The van der Waals surface area contributed by atoms with Gasteiger partial charge in [0.2, 0.25) is 5.95 Å². The van der Waals surface area contributed by atoms with E-state index in [1.807, 2.05) is 35.8 Å². The third-order valence-electron chi connectivity index (χ3n) is 3.93. The minimum atomic E-state index is -4.53. The van der Waals surface area contributed by atoms with Crippen LogP contribution in [0.4, 0.5) is 24.9 Å². The van der Waals surface area contributed by atoms with Gasteiger partial charge in [-0.05, 0) is 19.1 Å². The van der Waals surface area contributed by atoms with Gasteiger partial charge in [-0.1, -0.05) is 12.1 Å². The van der Waals surface area contributed by atoms with Crippen molar-refractivity contribution in [3.63, 3.8) is 0 Å². The lowest BCUT2D eigenvalue weighted by molar-refractivity contribution is -0.141. The molecule has 1 N–H and O–H groups in total. The summed E-state index contributed by atoms with van der Waals surface area (Å²) in [6, 6.07) is 8.65. The van der Waals surface area contributed by atoms with Gasteiger partial charge < -0.3 is 14.8 Å². The Balaban J connectivity index is 1.79. The molecule has 0 spiro atoms. The number of anilines is 2. The van der Waals surface area contributed by atoms with Gasteiger partial charge in [-0.15, -0.1) is 0 Å². The fourth-order valence-corrected chi connectivity index (χ4v) is 2.65. The Labute approximate surface area is 148 Å². The minimum Gasteiger partial charge on any atom is -0.363 e. The lowest BCUT2D eigenvalue weighted by atomic mass is 10.3. The Hall–Kier alpha value is -2.84. The fraction of sp³-hybridized carbons (Fsp3) is 0.353. The summed E-state index contributed by atoms with van der Waals surface area (Å²) in [6.45, 7) is 2.80. The number of imidazole rings is 1. The lowest BCUT2D eigenvalue weighted by Gasteiger charge is -2.16. The van der Waals surface area contributed by atoms with Crippen molar-refractivity contribution in [1.29, 1.82) is 0 Å². The van der Waals surface area contributed by atoms with Gasteiger partial charge in [0.05, 0.1) is 11.0 Å². The van der Waals surface area contributed by atoms with Crippen LogP contribution in [0.15, 0.2) is 30.3 Å². The number of halogens is 3. The van der Waals surface area contributed by atoms with Crippen molar-refractivity contribution in [1.82, 2.24) is 19.5 Å². The first-order valence-electron chi connectivity index (χ1n) is 8.05. The molecule has 6 nitrogen and oxygen atoms in total. The first-order valence-corrected chi connectivity index (χ1v) is 8.05. The molecule has 1 aromatic carbocycles. The highest BCUT2D eigenvalue weighted by molar-refractivity contribution is 5.75. The SMILES string of the molecule is Cc1nc2ccccc2n1CCNc1nc(N(C)C)cc(C(F)(F)F)n1. The molecule has 0 radical (unpaired) electrons. The molecular formula is C17H19F3N6. The van der Waals surface area contributed by atoms with Gasteiger partial charge in [0.1, 0.15) is 11.6 Å². The van der Waals surface area contributed by atoms with E-state index in [0.717, 1.165) is 22.9 Å². The van der Waals surface area contributed by atoms with Crippen LogP contribution in [-0.2, 0) is 12.7 Å². The van der Waals surface area contributed by atoms with E-state index in [1.54, 1.807) is 14.1 Å². The number of aryl methyl sites for hydroxylation is 1. The lowest BCUT2D eigenvalue weighted by Crippen LogP contribution is -2.19. The standard InChI is InChI=1S/C17H19F3N6/c1-11-22-12-6-4-5-7-13(12)26(11)9-8-21-16-23-14(17(18,19)20)10-15(24-16)25(2)3/h4-7,10H,8-9H2,1-3H3,(H,21,23,24). The van der Waals surface area contributed by atoms with E-state index in [2.05, 4.69) is 20.3 Å². The molecule has 3 rings (SSSR count). The molecule has 0 amide bonds. The molecule has 26 heavy (non-hydrogen) atoms. The Morgan fingerprint density at radius 1 is 1.12 bits per heavy atom. The van der Waals surface area contributed by atoms with Crippen LogP contribution in [0.1, 0.15) is 11.5 Å². The predicted octanol–water partition coefficient (Wildman–Crippen LogP) is 3.33. The Morgan fingerprint density at radius 2 is 1.85 bits per heavy atom. The van der Waals surface area contributed by atoms with E-state index in [4.69, 9.17) is 0 Å². The summed E-state index contributed by atoms with van der Waals surface area (Å²) in [6.07, 6.45) is -4.53. The normalized spacial score (nSPS) is 11.8. The predicted molar refractivity (Wildman–Crippen MR) is 94.3 cm³/mol. The molecule has 2 heterocycles. The zero-order valence-electron chi connectivity index (χ0n) is 14.7. The van der Waals surface area contributed by atoms with E-state index < -0.39 is 11.9 Å². The summed E-state index contributed by atoms with van der Waals surface area (Å²) in [7, 11) is 3.26. The van der Waals surface area contributed by atoms with E-state index in [0.29, 0.717) is 13.1 Å². The fourth-order valence-electron chi connectivity index (χ4n) is 2.65. The summed E-state index contributed by atoms with van der Waals surface area (Å²) in [5.41, 5.74) is 0.893. The maximum atomic E-state index is 13.0. The summed E-state index contributed by atoms with van der Waals surface area (Å²) in [5.74, 6) is 0.983. The molecule has 0 aliphatic rings. The molecule has 0 unspecified atom stereocenters. The highest BCUT2D eigenvalue weighted by atomic mass is 19.4. The average Bonchev–Trinajstić information content (AvgIpc) is 2.89. The van der Waals surface area contributed by atoms with Crippen molar-refractivity contribution < 1.29 is 13.2 Å². The number of nitrogens with zero attached hydrogens (tertiary/aromatic N) is 5. The van der Waals surface area contributed by atoms with E-state index in [9.17, 15) is 13.2 Å². The van der Waals surface area contributed by atoms with Gasteiger partial charge in [-0.3, -0.25) is 0 Å². The van der Waals surface area contributed by atoms with Crippen molar-refractivity contribution >= 4 is 22.8 Å². The van der Waals surface area contributed by atoms with Crippen LogP contribution in [0, 0.1) is 6.92 Å². The monoisotopic (exact) mass is 364 g/mol. The molecule has 0 aliphatic carbocycles. The second-order valence-corrected chi connectivity index (χ2v) is 6.05. The molecule has 2 aromatic heterocycles. The third-order valence-corrected chi connectivity index (χ3v) is 3.93. The first kappa shape index (κ1) is 18.0. The zero-order chi connectivity index (χ0) is 18.9. The van der Waals surface area contributed by atoms with Crippen LogP contribution in [-0.4, -0.2) is 40.2 Å². The number of hydrogen-bond donors (Lipinski definition) is 1. The van der Waals surface area contributed by atoms with Gasteiger partial charge >= 0.3 is 6.18 Å². The van der Waals surface area contributed by atoms with Gasteiger partial charge in [0, 0.05) is 33.3 Å². The van der Waals surface area contributed by atoms with Crippen molar-refractivity contribution in [2.45, 2.75) is 19.6 Å². The van der Waals surface area contributed by atoms with Gasteiger partial charge in [-0.2, -0.15) is 18.2 Å². The van der Waals surface area contributed by atoms with Crippen LogP contribution in [0.5, 0.6) is 0 Å². The molecule has 138 valence electrons. The Bertz CT molecular complexity index is 916. The second-order valence-electron chi connectivity index (χ2n) is 6.05. The molecule has 0 atom stereocenters. The quantitative estimate of drug-likeness (QED) is 0.753. The number of hydrogen-bond acceptors (Lipinski definition) is 5. The maximum absolute atomic E-state index is 13.0. The Morgan fingerprint density at radius 3 is 2.54 bits per heavy atom. The van der Waals surface area contributed by atoms with Crippen LogP contribution in [0.25, 0.3) is 11.0 Å². The van der Waals surface area contributed by atoms with E-state index in [-0.39, 0.29) is 11.8 Å². The highest BCUT2D eigenvalue weighted by Gasteiger charge is 2.34. The van der Waals surface area contributed by atoms with Gasteiger partial charge in [0.25, 0.3) is 0 Å². The topological polar surface area (TPSA) is 58.9 Å². The molecule has 0 saturated carbocycles. The van der Waals surface area contributed by atoms with Crippen molar-refractivity contribution in [2.75, 3.05) is 30.9 Å². The van der Waals surface area contributed by atoms with Crippen LogP contribution >= 0.6 is 0 Å². The molecule has 0 saturated heterocycles. The summed E-state index contributed by atoms with van der Waals surface area (Å²) in [4.78, 5) is 13.7. The smallest absolute Gasteiger partial charge is 0.363 e. The summed E-state index contributed by atoms with van der Waals surface area (Å²) < 4.78 is 41.1. The highest BCUT2D eigenvalue weighted by Crippen LogP contribution is 2.30. The van der Waals surface area contributed by atoms with E-state index in [1.165, 1.54) is 4.90 Å². The first-order chi connectivity index (χ1) is 12.3. The second kappa shape index (κ2) is 6.81. The van der Waals surface area contributed by atoms with Crippen LogP contribution in [0.3, 0.4) is 0 Å². The Kier molecular flexibility index (Phi) is 4.71. The molecular weight excluding hydrogens is 345 g/mol. The number of rotatable bonds is 5. The summed E-state index contributed by atoms with van der Waals surface area (Å²) in [5, 5.41) is 2.89. The number of benzene rings is 1. The largest absolute Gasteiger partial charge is 0.433 e. The van der Waals surface area contributed by atoms with Gasteiger partial charge in [0.15, 0.2) is 5.69 Å². The van der Waals surface area contributed by atoms with E-state index >= 15 is 0 Å². The zero-order valence-corrected chi connectivity index (χ0v) is 14.7. The molecule has 0 bridgehead atoms. The average molecular weight is 364 g/mol. The number of aromatic nitrogens is 4. The number of fused-ring (bicyclic) bond motifs is 1. The van der Waals surface area contributed by atoms with Crippen LogP contribution < -0.4 is 10.2 Å². The third kappa shape index (κ3) is 3.71. The number of nitrogens with one attached hydrogen (secondary N) is 1.